The van der Waals surface area contributed by atoms with E-state index in [1.165, 1.54) is 199 Å². The summed E-state index contributed by atoms with van der Waals surface area (Å²) < 4.78 is 34.5. The molecule has 0 aromatic heterocycles. The molecule has 3 aliphatic heterocycles. The minimum Gasteiger partial charge on any atom is -0.394 e. The van der Waals surface area contributed by atoms with Gasteiger partial charge in [-0.15, -0.1) is 0 Å². The molecular weight excluding hydrogens is 1440 g/mol. The van der Waals surface area contributed by atoms with Gasteiger partial charge in [0.1, 0.15) is 73.2 Å². The van der Waals surface area contributed by atoms with E-state index in [1.807, 2.05) is 6.08 Å². The highest BCUT2D eigenvalue weighted by Gasteiger charge is 2.54. The second-order valence-corrected chi connectivity index (χ2v) is 32.0. The zero-order valence-corrected chi connectivity index (χ0v) is 71.0. The largest absolute Gasteiger partial charge is 0.394 e. The first-order chi connectivity index (χ1) is 55.8. The van der Waals surface area contributed by atoms with Crippen LogP contribution in [0.4, 0.5) is 0 Å². The van der Waals surface area contributed by atoms with E-state index in [0.717, 1.165) is 116 Å². The van der Waals surface area contributed by atoms with Gasteiger partial charge < -0.3 is 89.9 Å². The van der Waals surface area contributed by atoms with E-state index >= 15 is 0 Å². The first-order valence-corrected chi connectivity index (χ1v) is 45.8. The zero-order chi connectivity index (χ0) is 82.4. The molecule has 658 valence electrons. The van der Waals surface area contributed by atoms with Crippen molar-refractivity contribution in [3.05, 3.63) is 122 Å². The van der Waals surface area contributed by atoms with Gasteiger partial charge in [-0.3, -0.25) is 4.79 Å². The van der Waals surface area contributed by atoms with Crippen molar-refractivity contribution in [3.63, 3.8) is 0 Å². The molecule has 17 atom stereocenters. The van der Waals surface area contributed by atoms with Crippen LogP contribution < -0.4 is 5.32 Å². The van der Waals surface area contributed by atoms with Crippen molar-refractivity contribution in [2.24, 2.45) is 0 Å². The van der Waals surface area contributed by atoms with Gasteiger partial charge in [0.05, 0.1) is 38.6 Å². The molecule has 3 fully saturated rings. The lowest BCUT2D eigenvalue weighted by molar-refractivity contribution is -0.379. The summed E-state index contributed by atoms with van der Waals surface area (Å²) in [5.41, 5.74) is 0. The maximum atomic E-state index is 13.5. The monoisotopic (exact) mass is 1610 g/mol. The summed E-state index contributed by atoms with van der Waals surface area (Å²) >= 11 is 0. The van der Waals surface area contributed by atoms with Gasteiger partial charge in [0, 0.05) is 6.42 Å². The molecule has 0 aliphatic carbocycles. The Morgan fingerprint density at radius 1 is 0.325 bits per heavy atom. The van der Waals surface area contributed by atoms with Crippen LogP contribution in [0.15, 0.2) is 122 Å². The summed E-state index contributed by atoms with van der Waals surface area (Å²) in [5, 5.41) is 121. The summed E-state index contributed by atoms with van der Waals surface area (Å²) in [6, 6.07) is -0.988. The summed E-state index contributed by atoms with van der Waals surface area (Å²) in [5.74, 6) is -0.283. The Labute approximate surface area is 690 Å². The Morgan fingerprint density at radius 3 is 0.947 bits per heavy atom. The van der Waals surface area contributed by atoms with Gasteiger partial charge in [-0.2, -0.15) is 0 Å². The fourth-order valence-electron chi connectivity index (χ4n) is 14.8. The van der Waals surface area contributed by atoms with E-state index in [-0.39, 0.29) is 18.9 Å². The number of allylic oxidation sites excluding steroid dienone is 19. The van der Waals surface area contributed by atoms with E-state index in [9.17, 15) is 61.0 Å². The third-order valence-corrected chi connectivity index (χ3v) is 22.0. The van der Waals surface area contributed by atoms with E-state index < -0.39 is 124 Å². The van der Waals surface area contributed by atoms with Gasteiger partial charge in [-0.05, 0) is 89.9 Å². The average Bonchev–Trinajstić information content (AvgIpc) is 0.777. The third kappa shape index (κ3) is 51.0. The lowest BCUT2D eigenvalue weighted by Crippen LogP contribution is -2.66. The van der Waals surface area contributed by atoms with E-state index in [1.54, 1.807) is 6.08 Å². The van der Waals surface area contributed by atoms with Gasteiger partial charge in [-0.1, -0.05) is 367 Å². The van der Waals surface area contributed by atoms with Crippen LogP contribution in [0.1, 0.15) is 341 Å². The maximum Gasteiger partial charge on any atom is 0.220 e. The third-order valence-electron chi connectivity index (χ3n) is 22.0. The number of unbranched alkanes of at least 4 members (excludes halogenated alkanes) is 39. The highest BCUT2D eigenvalue weighted by molar-refractivity contribution is 5.76. The highest BCUT2D eigenvalue weighted by atomic mass is 16.8. The molecule has 0 bridgehead atoms. The Bertz CT molecular complexity index is 2530. The molecule has 19 heteroatoms. The molecule has 0 aromatic rings. The first-order valence-electron chi connectivity index (χ1n) is 45.8. The van der Waals surface area contributed by atoms with Crippen LogP contribution in [-0.2, 0) is 33.2 Å². The van der Waals surface area contributed by atoms with Gasteiger partial charge in [0.2, 0.25) is 5.91 Å². The summed E-state index contributed by atoms with van der Waals surface area (Å²) in [7, 11) is 0. The number of carbonyl (C=O) groups excluding carboxylic acids is 1. The number of hydrogen-bond donors (Lipinski definition) is 12. The molecule has 3 heterocycles. The van der Waals surface area contributed by atoms with Crippen LogP contribution >= 0.6 is 0 Å². The predicted octanol–water partition coefficient (Wildman–Crippen LogP) is 17.8. The lowest BCUT2D eigenvalue weighted by atomic mass is 9.96. The molecule has 12 N–H and O–H groups in total. The van der Waals surface area contributed by atoms with E-state index in [4.69, 9.17) is 28.4 Å². The van der Waals surface area contributed by atoms with Crippen LogP contribution in [0, 0.1) is 0 Å². The summed E-state index contributed by atoms with van der Waals surface area (Å²) in [4.78, 5) is 13.5. The smallest absolute Gasteiger partial charge is 0.220 e. The SMILES string of the molecule is CC/C=C\C/C=C\C/C=C\C/C=C\C/C=C\C/C=C\C/C=C\C/C=C\C/C=C\CCCCCCCCCCCC(=O)NC(COC1OC(CO)C(OC2OC(CO)C(OC3OC(CO)C(O)C(O)C3O)C(O)C2O)C(O)C1O)C(O)/C=C/CCCCCCCCCCCCCCCCCCCCCCCCCCCCCCCC. The minimum atomic E-state index is -1.99. The number of amides is 1. The molecule has 114 heavy (non-hydrogen) atoms. The summed E-state index contributed by atoms with van der Waals surface area (Å²) in [6.45, 7) is 1.65. The quantitative estimate of drug-likeness (QED) is 0.0199. The molecule has 0 aromatic carbocycles. The second-order valence-electron chi connectivity index (χ2n) is 32.0. The van der Waals surface area contributed by atoms with Crippen LogP contribution in [0.5, 0.6) is 0 Å². The average molecular weight is 1610 g/mol. The second kappa shape index (κ2) is 73.1. The standard InChI is InChI=1S/C95H165NO18/c1-3-5-7-9-11-13-15-17-19-21-23-25-27-29-31-33-35-37-38-39-40-41-43-45-47-49-51-53-55-57-59-61-63-65-67-69-71-73-83(101)96-78(79(100)72-70-68-66-64-62-60-58-56-54-52-50-48-46-44-42-36-34-32-30-28-26-24-22-20-18-16-14-12-10-8-6-4-2)77-109-93-89(107)86(104)91(81(75-98)111-93)114-95-90(108)87(105)92(82(76-99)112-95)113-94-88(106)85(103)84(102)80(74-97)110-94/h5,7,11,13,17,19,23,25,29,31,35,37,39-40,43,45,49,51,70,72,78-82,84-95,97-100,102-108H,3-4,6,8-10,12,14-16,18,20-22,24,26-28,30,32-34,36,38,41-42,44,46-48,50,52-69,71,73-77H2,1-2H3,(H,96,101)/b7-5-,13-11-,19-17-,25-23-,31-29-,37-35-,40-39-,45-43-,51-49-,72-70+. The molecule has 17 unspecified atom stereocenters. The van der Waals surface area contributed by atoms with Crippen LogP contribution in [-0.4, -0.2) is 193 Å². The van der Waals surface area contributed by atoms with Crippen LogP contribution in [0.2, 0.25) is 0 Å². The number of aliphatic hydroxyl groups is 11. The number of aliphatic hydroxyl groups excluding tert-OH is 11. The fraction of sp³-hybridized carbons (Fsp3) is 0.779. The number of nitrogens with one attached hydrogen (secondary N) is 1. The van der Waals surface area contributed by atoms with Gasteiger partial charge in [0.15, 0.2) is 18.9 Å². The molecule has 19 nitrogen and oxygen atoms in total. The zero-order valence-electron chi connectivity index (χ0n) is 71.0. The number of ether oxygens (including phenoxy) is 6. The molecule has 0 saturated carbocycles. The Hall–Kier alpha value is -3.81. The van der Waals surface area contributed by atoms with Crippen LogP contribution in [0.3, 0.4) is 0 Å². The Kier molecular flexibility index (Phi) is 67.0. The maximum absolute atomic E-state index is 13.5. The predicted molar refractivity (Wildman–Crippen MR) is 461 cm³/mol. The van der Waals surface area contributed by atoms with Gasteiger partial charge in [0.25, 0.3) is 0 Å². The van der Waals surface area contributed by atoms with Crippen molar-refractivity contribution in [1.82, 2.24) is 5.32 Å². The molecule has 1 amide bonds. The molecule has 3 rings (SSSR count). The van der Waals surface area contributed by atoms with Gasteiger partial charge in [-0.25, -0.2) is 0 Å². The summed E-state index contributed by atoms with van der Waals surface area (Å²) in [6.07, 6.45) is 77.7. The van der Waals surface area contributed by atoms with Crippen LogP contribution in [0.25, 0.3) is 0 Å². The van der Waals surface area contributed by atoms with Gasteiger partial charge >= 0.3 is 0 Å². The molecule has 0 spiro atoms. The topological polar surface area (TPSA) is 307 Å². The minimum absolute atomic E-state index is 0.229. The molecule has 0 radical (unpaired) electrons. The van der Waals surface area contributed by atoms with Crippen molar-refractivity contribution in [2.75, 3.05) is 26.4 Å². The molecular formula is C95H165NO18. The Morgan fingerprint density at radius 2 is 0.605 bits per heavy atom. The molecule has 3 saturated heterocycles. The highest BCUT2D eigenvalue weighted by Crippen LogP contribution is 2.33. The number of rotatable bonds is 73. The van der Waals surface area contributed by atoms with Crippen molar-refractivity contribution >= 4 is 5.91 Å². The van der Waals surface area contributed by atoms with E-state index in [2.05, 4.69) is 129 Å². The first kappa shape index (κ1) is 104. The molecule has 3 aliphatic rings. The van der Waals surface area contributed by atoms with Crippen molar-refractivity contribution < 1.29 is 89.4 Å². The number of hydrogen-bond acceptors (Lipinski definition) is 18. The Balaban J connectivity index is 1.34. The van der Waals surface area contributed by atoms with Crippen molar-refractivity contribution in [3.8, 4) is 0 Å². The van der Waals surface area contributed by atoms with Crippen molar-refractivity contribution in [2.45, 2.75) is 446 Å². The number of carbonyl (C=O) groups is 1. The lowest BCUT2D eigenvalue weighted by Gasteiger charge is -2.48. The van der Waals surface area contributed by atoms with E-state index in [0.29, 0.717) is 6.42 Å². The van der Waals surface area contributed by atoms with Crippen molar-refractivity contribution in [1.29, 1.82) is 0 Å². The normalized spacial score (nSPS) is 25.3. The fourth-order valence-corrected chi connectivity index (χ4v) is 14.8.